The number of para-hydroxylation sites is 1. The van der Waals surface area contributed by atoms with Gasteiger partial charge in [-0.2, -0.15) is 5.10 Å². The second-order valence-electron chi connectivity index (χ2n) is 6.51. The molecule has 0 aliphatic heterocycles. The lowest BCUT2D eigenvalue weighted by molar-refractivity contribution is -0.118. The molecule has 4 aromatic rings. The van der Waals surface area contributed by atoms with Gasteiger partial charge in [-0.3, -0.25) is 9.36 Å². The number of halogens is 1. The van der Waals surface area contributed by atoms with Crippen LogP contribution in [-0.4, -0.2) is 32.6 Å². The summed E-state index contributed by atoms with van der Waals surface area (Å²) in [4.78, 5) is 14.4. The minimum atomic E-state index is -0.217. The lowest BCUT2D eigenvalue weighted by Crippen LogP contribution is -2.19. The highest BCUT2D eigenvalue weighted by Crippen LogP contribution is 2.28. The summed E-state index contributed by atoms with van der Waals surface area (Å²) in [6.45, 7) is 2.03. The van der Waals surface area contributed by atoms with Crippen LogP contribution >= 0.6 is 34.7 Å². The maximum Gasteiger partial charge on any atom is 0.250 e. The van der Waals surface area contributed by atoms with Gasteiger partial charge in [0, 0.05) is 26.0 Å². The summed E-state index contributed by atoms with van der Waals surface area (Å²) in [5.74, 6) is 0.619. The average molecular weight is 468 g/mol. The van der Waals surface area contributed by atoms with Gasteiger partial charge in [-0.1, -0.05) is 41.6 Å². The predicted molar refractivity (Wildman–Crippen MR) is 127 cm³/mol. The summed E-state index contributed by atoms with van der Waals surface area (Å²) in [5.41, 5.74) is 4.35. The van der Waals surface area contributed by atoms with E-state index in [0.717, 1.165) is 16.1 Å². The third-order valence-corrected chi connectivity index (χ3v) is 6.34. The van der Waals surface area contributed by atoms with E-state index in [1.165, 1.54) is 16.6 Å². The number of hydrogen-bond donors (Lipinski definition) is 1. The molecule has 0 saturated heterocycles. The van der Waals surface area contributed by atoms with Crippen molar-refractivity contribution in [2.45, 2.75) is 12.1 Å². The van der Waals surface area contributed by atoms with E-state index in [1.807, 2.05) is 78.2 Å². The van der Waals surface area contributed by atoms with Crippen LogP contribution in [0.1, 0.15) is 9.75 Å². The monoisotopic (exact) mass is 467 g/mol. The lowest BCUT2D eigenvalue weighted by Gasteiger charge is -2.10. The zero-order chi connectivity index (χ0) is 21.6. The molecule has 2 aromatic carbocycles. The van der Waals surface area contributed by atoms with Crippen LogP contribution in [0.2, 0.25) is 5.02 Å². The van der Waals surface area contributed by atoms with Gasteiger partial charge in [0.25, 0.3) is 5.91 Å². The summed E-state index contributed by atoms with van der Waals surface area (Å²) in [6.07, 6.45) is 1.64. The van der Waals surface area contributed by atoms with Gasteiger partial charge in [-0.05, 0) is 55.5 Å². The second-order valence-corrected chi connectivity index (χ2v) is 9.21. The third-order valence-electron chi connectivity index (χ3n) is 4.22. The molecule has 0 unspecified atom stereocenters. The van der Waals surface area contributed by atoms with Crippen LogP contribution in [-0.2, 0) is 4.79 Å². The van der Waals surface area contributed by atoms with Gasteiger partial charge in [0.1, 0.15) is 0 Å². The van der Waals surface area contributed by atoms with Crippen molar-refractivity contribution in [2.75, 3.05) is 5.75 Å². The zero-order valence-corrected chi connectivity index (χ0v) is 18.9. The number of nitrogens with zero attached hydrogens (tertiary/aromatic N) is 4. The molecule has 0 fully saturated rings. The van der Waals surface area contributed by atoms with E-state index < -0.39 is 0 Å². The molecule has 1 amide bonds. The summed E-state index contributed by atoms with van der Waals surface area (Å²) in [7, 11) is 0. The molecule has 9 heteroatoms. The molecule has 4 rings (SSSR count). The minimum Gasteiger partial charge on any atom is -0.272 e. The molecule has 0 spiro atoms. The first kappa shape index (κ1) is 21.3. The van der Waals surface area contributed by atoms with Crippen molar-refractivity contribution in [3.63, 3.8) is 0 Å². The smallest absolute Gasteiger partial charge is 0.250 e. The van der Waals surface area contributed by atoms with Crippen LogP contribution in [0.5, 0.6) is 0 Å². The Kier molecular flexibility index (Phi) is 6.81. The Morgan fingerprint density at radius 2 is 1.90 bits per heavy atom. The molecule has 0 bridgehead atoms. The van der Waals surface area contributed by atoms with Gasteiger partial charge in [0.2, 0.25) is 0 Å². The van der Waals surface area contributed by atoms with E-state index in [2.05, 4.69) is 20.7 Å². The van der Waals surface area contributed by atoms with Gasteiger partial charge in [-0.15, -0.1) is 21.5 Å². The lowest BCUT2D eigenvalue weighted by atomic mass is 10.2. The summed E-state index contributed by atoms with van der Waals surface area (Å²) < 4.78 is 1.93. The van der Waals surface area contributed by atoms with Crippen LogP contribution < -0.4 is 5.43 Å². The number of benzene rings is 2. The highest BCUT2D eigenvalue weighted by Gasteiger charge is 2.17. The highest BCUT2D eigenvalue weighted by molar-refractivity contribution is 7.99. The number of aryl methyl sites for hydroxylation is 1. The second kappa shape index (κ2) is 9.91. The number of aromatic nitrogens is 3. The van der Waals surface area contributed by atoms with Crippen molar-refractivity contribution in [1.29, 1.82) is 0 Å². The van der Waals surface area contributed by atoms with Crippen molar-refractivity contribution < 1.29 is 4.79 Å². The fourth-order valence-corrected chi connectivity index (χ4v) is 4.43. The van der Waals surface area contributed by atoms with E-state index in [1.54, 1.807) is 17.6 Å². The van der Waals surface area contributed by atoms with Crippen molar-refractivity contribution in [2.24, 2.45) is 5.10 Å². The number of thioether (sulfide) groups is 1. The molecule has 31 heavy (non-hydrogen) atoms. The Balaban J connectivity index is 1.50. The number of thiophene rings is 1. The van der Waals surface area contributed by atoms with Crippen LogP contribution in [0.25, 0.3) is 17.1 Å². The van der Waals surface area contributed by atoms with Crippen LogP contribution in [0.15, 0.2) is 77.0 Å². The molecule has 0 saturated carbocycles. The molecule has 0 atom stereocenters. The average Bonchev–Trinajstić information content (AvgIpc) is 3.39. The highest BCUT2D eigenvalue weighted by atomic mass is 35.5. The summed E-state index contributed by atoms with van der Waals surface area (Å²) in [6, 6.07) is 21.2. The zero-order valence-electron chi connectivity index (χ0n) is 16.5. The number of hydrazone groups is 1. The quantitative estimate of drug-likeness (QED) is 0.230. The maximum absolute atomic E-state index is 12.3. The van der Waals surface area contributed by atoms with E-state index >= 15 is 0 Å². The fourth-order valence-electron chi connectivity index (χ4n) is 2.81. The molecule has 156 valence electrons. The number of amides is 1. The van der Waals surface area contributed by atoms with Gasteiger partial charge in [0.05, 0.1) is 12.0 Å². The normalized spacial score (nSPS) is 11.2. The third kappa shape index (κ3) is 5.41. The predicted octanol–water partition coefficient (Wildman–Crippen LogP) is 5.20. The Hall–Kier alpha value is -2.94. The standard InChI is InChI=1S/C22H18ClN5OS2/c1-15-7-12-19(31-15)13-24-25-20(29)14-30-22-27-26-21(16-8-10-17(23)11-9-16)28(22)18-5-3-2-4-6-18/h2-13H,14H2,1H3,(H,25,29)/b24-13+. The summed E-state index contributed by atoms with van der Waals surface area (Å²) >= 11 is 8.94. The molecular formula is C22H18ClN5OS2. The van der Waals surface area contributed by atoms with Gasteiger partial charge in [-0.25, -0.2) is 5.43 Å². The van der Waals surface area contributed by atoms with Gasteiger partial charge in [0.15, 0.2) is 11.0 Å². The first-order valence-corrected chi connectivity index (χ1v) is 11.6. The molecule has 1 N–H and O–H groups in total. The van der Waals surface area contributed by atoms with Crippen molar-refractivity contribution in [3.8, 4) is 17.1 Å². The number of rotatable bonds is 7. The Labute approximate surface area is 193 Å². The van der Waals surface area contributed by atoms with Gasteiger partial charge >= 0.3 is 0 Å². The molecule has 2 heterocycles. The fraction of sp³-hybridized carbons (Fsp3) is 0.0909. The Bertz CT molecular complexity index is 1200. The molecule has 0 aliphatic carbocycles. The first-order chi connectivity index (χ1) is 15.1. The van der Waals surface area contributed by atoms with E-state index in [4.69, 9.17) is 11.6 Å². The Morgan fingerprint density at radius 3 is 2.61 bits per heavy atom. The SMILES string of the molecule is Cc1ccc(/C=N/NC(=O)CSc2nnc(-c3ccc(Cl)cc3)n2-c2ccccc2)s1. The first-order valence-electron chi connectivity index (χ1n) is 9.38. The van der Waals surface area contributed by atoms with Crippen LogP contribution in [0.4, 0.5) is 0 Å². The van der Waals surface area contributed by atoms with E-state index in [-0.39, 0.29) is 11.7 Å². The topological polar surface area (TPSA) is 72.2 Å². The molecule has 0 aliphatic rings. The van der Waals surface area contributed by atoms with Crippen molar-refractivity contribution in [1.82, 2.24) is 20.2 Å². The van der Waals surface area contributed by atoms with Crippen molar-refractivity contribution in [3.05, 3.63) is 81.5 Å². The molecule has 0 radical (unpaired) electrons. The van der Waals surface area contributed by atoms with E-state index in [0.29, 0.717) is 16.0 Å². The van der Waals surface area contributed by atoms with E-state index in [9.17, 15) is 4.79 Å². The van der Waals surface area contributed by atoms with Gasteiger partial charge < -0.3 is 0 Å². The summed E-state index contributed by atoms with van der Waals surface area (Å²) in [5, 5.41) is 14.0. The number of nitrogens with one attached hydrogen (secondary N) is 1. The minimum absolute atomic E-state index is 0.159. The maximum atomic E-state index is 12.3. The number of carbonyl (C=O) groups is 1. The Morgan fingerprint density at radius 1 is 1.13 bits per heavy atom. The largest absolute Gasteiger partial charge is 0.272 e. The van der Waals surface area contributed by atoms with Crippen LogP contribution in [0, 0.1) is 6.92 Å². The van der Waals surface area contributed by atoms with Crippen molar-refractivity contribution >= 4 is 46.8 Å². The number of carbonyl (C=O) groups excluding carboxylic acids is 1. The number of hydrogen-bond acceptors (Lipinski definition) is 6. The van der Waals surface area contributed by atoms with Crippen LogP contribution in [0.3, 0.4) is 0 Å². The molecule has 2 aromatic heterocycles. The molecule has 6 nitrogen and oxygen atoms in total. The molecular weight excluding hydrogens is 450 g/mol.